The molecular weight excluding hydrogens is 355 g/mol. The molecule has 2 rings (SSSR count). The summed E-state index contributed by atoms with van der Waals surface area (Å²) in [6.07, 6.45) is 0. The van der Waals surface area contributed by atoms with Crippen molar-refractivity contribution in [2.75, 3.05) is 0 Å². The van der Waals surface area contributed by atoms with Gasteiger partial charge in [0.25, 0.3) is 9.05 Å². The van der Waals surface area contributed by atoms with Crippen LogP contribution in [0.15, 0.2) is 41.3 Å². The fraction of sp³-hybridized carbons (Fsp3) is 0.143. The highest BCUT2D eigenvalue weighted by molar-refractivity contribution is 8.13. The standard InChI is InChI=1S/C14H11Cl3O3S/c1-9-6-12(21(17,18)19)3-5-14(9)20-8-10-7-11(15)2-4-13(10)16/h2-7H,8H2,1H3. The first-order valence-electron chi connectivity index (χ1n) is 5.89. The lowest BCUT2D eigenvalue weighted by molar-refractivity contribution is 0.304. The Balaban J connectivity index is 2.19. The zero-order valence-corrected chi connectivity index (χ0v) is 14.0. The molecule has 0 aliphatic carbocycles. The maximum Gasteiger partial charge on any atom is 0.261 e. The fourth-order valence-electron chi connectivity index (χ4n) is 1.74. The molecule has 21 heavy (non-hydrogen) atoms. The number of benzene rings is 2. The van der Waals surface area contributed by atoms with E-state index in [-0.39, 0.29) is 11.5 Å². The number of hydrogen-bond donors (Lipinski definition) is 0. The highest BCUT2D eigenvalue weighted by Crippen LogP contribution is 2.26. The molecule has 0 atom stereocenters. The Labute approximate surface area is 137 Å². The van der Waals surface area contributed by atoms with Crippen molar-refractivity contribution in [2.45, 2.75) is 18.4 Å². The molecule has 112 valence electrons. The second kappa shape index (κ2) is 6.44. The third-order valence-corrected chi connectivity index (χ3v) is 4.77. The first-order valence-corrected chi connectivity index (χ1v) is 8.96. The zero-order chi connectivity index (χ0) is 15.6. The smallest absolute Gasteiger partial charge is 0.261 e. The summed E-state index contributed by atoms with van der Waals surface area (Å²) in [5.41, 5.74) is 1.41. The zero-order valence-electron chi connectivity index (χ0n) is 10.9. The summed E-state index contributed by atoms with van der Waals surface area (Å²) >= 11 is 12.0. The van der Waals surface area contributed by atoms with Crippen molar-refractivity contribution in [3.63, 3.8) is 0 Å². The summed E-state index contributed by atoms with van der Waals surface area (Å²) in [7, 11) is 1.55. The Hall–Kier alpha value is -0.940. The molecule has 0 heterocycles. The fourth-order valence-corrected chi connectivity index (χ4v) is 2.95. The van der Waals surface area contributed by atoms with E-state index in [0.29, 0.717) is 21.4 Å². The van der Waals surface area contributed by atoms with Crippen LogP contribution in [0.4, 0.5) is 0 Å². The summed E-state index contributed by atoms with van der Waals surface area (Å²) in [5, 5.41) is 1.12. The lowest BCUT2D eigenvalue weighted by atomic mass is 10.2. The predicted octanol–water partition coefficient (Wildman–Crippen LogP) is 4.81. The quantitative estimate of drug-likeness (QED) is 0.730. The molecule has 0 fully saturated rings. The lowest BCUT2D eigenvalue weighted by Gasteiger charge is -2.11. The summed E-state index contributed by atoms with van der Waals surface area (Å²) in [5.74, 6) is 0.551. The minimum Gasteiger partial charge on any atom is -0.489 e. The average Bonchev–Trinajstić information content (AvgIpc) is 2.40. The first kappa shape index (κ1) is 16.4. The maximum atomic E-state index is 11.3. The number of rotatable bonds is 4. The molecule has 0 radical (unpaired) electrons. The van der Waals surface area contributed by atoms with Gasteiger partial charge < -0.3 is 4.74 Å². The third-order valence-electron chi connectivity index (χ3n) is 2.82. The van der Waals surface area contributed by atoms with E-state index in [4.69, 9.17) is 38.6 Å². The molecule has 0 aliphatic rings. The van der Waals surface area contributed by atoms with Crippen molar-refractivity contribution in [3.05, 3.63) is 57.6 Å². The molecule has 0 aromatic heterocycles. The molecule has 0 aliphatic heterocycles. The van der Waals surface area contributed by atoms with Gasteiger partial charge in [-0.05, 0) is 48.9 Å². The summed E-state index contributed by atoms with van der Waals surface area (Å²) in [6, 6.07) is 9.51. The molecule has 0 bridgehead atoms. The number of hydrogen-bond acceptors (Lipinski definition) is 3. The van der Waals surface area contributed by atoms with Crippen molar-refractivity contribution < 1.29 is 13.2 Å². The lowest BCUT2D eigenvalue weighted by Crippen LogP contribution is -1.99. The van der Waals surface area contributed by atoms with Gasteiger partial charge in [0.1, 0.15) is 12.4 Å². The van der Waals surface area contributed by atoms with Crippen molar-refractivity contribution in [3.8, 4) is 5.75 Å². The topological polar surface area (TPSA) is 43.4 Å². The molecule has 0 N–H and O–H groups in total. The van der Waals surface area contributed by atoms with E-state index in [9.17, 15) is 8.42 Å². The second-order valence-electron chi connectivity index (χ2n) is 4.39. The Bertz CT molecular complexity index is 773. The third kappa shape index (κ3) is 4.27. The molecule has 0 unspecified atom stereocenters. The van der Waals surface area contributed by atoms with E-state index in [1.54, 1.807) is 31.2 Å². The first-order chi connectivity index (χ1) is 9.77. The molecule has 0 saturated carbocycles. The Morgan fingerprint density at radius 1 is 1.10 bits per heavy atom. The van der Waals surface area contributed by atoms with Crippen LogP contribution < -0.4 is 4.74 Å². The average molecular weight is 366 g/mol. The van der Waals surface area contributed by atoms with Crippen molar-refractivity contribution >= 4 is 42.9 Å². The molecule has 7 heteroatoms. The van der Waals surface area contributed by atoms with Gasteiger partial charge in [-0.15, -0.1) is 0 Å². The van der Waals surface area contributed by atoms with Crippen LogP contribution in [0.3, 0.4) is 0 Å². The van der Waals surface area contributed by atoms with Crippen molar-refractivity contribution in [1.82, 2.24) is 0 Å². The summed E-state index contributed by atoms with van der Waals surface area (Å²) in [6.45, 7) is 1.97. The van der Waals surface area contributed by atoms with Crippen molar-refractivity contribution in [2.24, 2.45) is 0 Å². The van der Waals surface area contributed by atoms with Gasteiger partial charge in [0.2, 0.25) is 0 Å². The van der Waals surface area contributed by atoms with Crippen LogP contribution >= 0.6 is 33.9 Å². The van der Waals surface area contributed by atoms with E-state index in [1.807, 2.05) is 0 Å². The van der Waals surface area contributed by atoms with Crippen molar-refractivity contribution in [1.29, 1.82) is 0 Å². The SMILES string of the molecule is Cc1cc(S(=O)(=O)Cl)ccc1OCc1cc(Cl)ccc1Cl. The van der Waals surface area contributed by atoms with E-state index in [0.717, 1.165) is 5.56 Å². The van der Waals surface area contributed by atoms with Crippen LogP contribution in [0.1, 0.15) is 11.1 Å². The van der Waals surface area contributed by atoms with Gasteiger partial charge >= 0.3 is 0 Å². The minimum atomic E-state index is -3.74. The van der Waals surface area contributed by atoms with Crippen LogP contribution in [-0.2, 0) is 15.7 Å². The van der Waals surface area contributed by atoms with E-state index >= 15 is 0 Å². The number of halogens is 3. The normalized spacial score (nSPS) is 11.4. The van der Waals surface area contributed by atoms with Gasteiger partial charge in [-0.25, -0.2) is 8.42 Å². The van der Waals surface area contributed by atoms with Gasteiger partial charge in [-0.1, -0.05) is 23.2 Å². The van der Waals surface area contributed by atoms with Crippen LogP contribution in [0.25, 0.3) is 0 Å². The maximum absolute atomic E-state index is 11.3. The predicted molar refractivity (Wildman–Crippen MR) is 85.0 cm³/mol. The van der Waals surface area contributed by atoms with Gasteiger partial charge in [0.05, 0.1) is 4.90 Å². The van der Waals surface area contributed by atoms with Crippen LogP contribution in [0.2, 0.25) is 10.0 Å². The minimum absolute atomic E-state index is 0.0369. The van der Waals surface area contributed by atoms with Crippen LogP contribution in [0, 0.1) is 6.92 Å². The van der Waals surface area contributed by atoms with E-state index < -0.39 is 9.05 Å². The van der Waals surface area contributed by atoms with Crippen LogP contribution in [0.5, 0.6) is 5.75 Å². The summed E-state index contributed by atoms with van der Waals surface area (Å²) < 4.78 is 28.1. The van der Waals surface area contributed by atoms with E-state index in [2.05, 4.69) is 0 Å². The molecule has 0 amide bonds. The highest BCUT2D eigenvalue weighted by Gasteiger charge is 2.12. The van der Waals surface area contributed by atoms with Gasteiger partial charge in [-0.2, -0.15) is 0 Å². The number of ether oxygens (including phenoxy) is 1. The van der Waals surface area contributed by atoms with E-state index in [1.165, 1.54) is 12.1 Å². The van der Waals surface area contributed by atoms with Gasteiger partial charge in [-0.3, -0.25) is 0 Å². The second-order valence-corrected chi connectivity index (χ2v) is 7.80. The monoisotopic (exact) mass is 364 g/mol. The molecular formula is C14H11Cl3O3S. The van der Waals surface area contributed by atoms with Gasteiger partial charge in [0, 0.05) is 26.3 Å². The van der Waals surface area contributed by atoms with Gasteiger partial charge in [0.15, 0.2) is 0 Å². The molecule has 2 aromatic rings. The Morgan fingerprint density at radius 2 is 1.81 bits per heavy atom. The van der Waals surface area contributed by atoms with Crippen LogP contribution in [-0.4, -0.2) is 8.42 Å². The molecule has 0 saturated heterocycles. The molecule has 0 spiro atoms. The highest BCUT2D eigenvalue weighted by atomic mass is 35.7. The molecule has 3 nitrogen and oxygen atoms in total. The Kier molecular flexibility index (Phi) is 5.04. The number of aryl methyl sites for hydroxylation is 1. The summed E-state index contributed by atoms with van der Waals surface area (Å²) in [4.78, 5) is 0.0369. The Morgan fingerprint density at radius 3 is 2.43 bits per heavy atom. The molecule has 2 aromatic carbocycles. The largest absolute Gasteiger partial charge is 0.489 e.